The number of ether oxygens (including phenoxy) is 1. The maximum Gasteiger partial charge on any atom is 0.135 e. The third-order valence-corrected chi connectivity index (χ3v) is 5.43. The Morgan fingerprint density at radius 1 is 1.17 bits per heavy atom. The van der Waals surface area contributed by atoms with Crippen molar-refractivity contribution in [3.8, 4) is 0 Å². The molecular weight excluding hydrogens is 300 g/mol. The first-order chi connectivity index (χ1) is 11.9. The van der Waals surface area contributed by atoms with E-state index in [0.717, 1.165) is 36.9 Å². The minimum absolute atomic E-state index is 0.414. The van der Waals surface area contributed by atoms with Gasteiger partial charge in [-0.2, -0.15) is 0 Å². The van der Waals surface area contributed by atoms with E-state index in [-0.39, 0.29) is 0 Å². The molecule has 1 aromatic carbocycles. The number of aromatic nitrogens is 1. The van der Waals surface area contributed by atoms with Crippen LogP contribution in [0.2, 0.25) is 0 Å². The third-order valence-electron chi connectivity index (χ3n) is 5.43. The van der Waals surface area contributed by atoms with Gasteiger partial charge in [-0.1, -0.05) is 6.07 Å². The molecule has 0 spiro atoms. The quantitative estimate of drug-likeness (QED) is 0.841. The second kappa shape index (κ2) is 5.67. The highest BCUT2D eigenvalue weighted by molar-refractivity contribution is 5.80. The van der Waals surface area contributed by atoms with Crippen molar-refractivity contribution >= 4 is 22.9 Å². The van der Waals surface area contributed by atoms with Gasteiger partial charge in [-0.15, -0.1) is 0 Å². The van der Waals surface area contributed by atoms with E-state index in [1.165, 1.54) is 30.5 Å². The Labute approximate surface area is 142 Å². The van der Waals surface area contributed by atoms with Crippen LogP contribution >= 0.6 is 0 Å². The lowest BCUT2D eigenvalue weighted by atomic mass is 10.1. The predicted molar refractivity (Wildman–Crippen MR) is 96.0 cm³/mol. The van der Waals surface area contributed by atoms with Crippen molar-refractivity contribution in [2.75, 3.05) is 28.7 Å². The molecule has 24 heavy (non-hydrogen) atoms. The SMILES string of the molecule is c1cnc2c(c1)CNc1cc(N3CCOC4CCCC43)ccc1N2. The molecule has 0 radical (unpaired) electrons. The Morgan fingerprint density at radius 3 is 3.17 bits per heavy atom. The van der Waals surface area contributed by atoms with Crippen LogP contribution in [0.15, 0.2) is 36.5 Å². The Bertz CT molecular complexity index is 763. The fourth-order valence-corrected chi connectivity index (χ4v) is 4.22. The van der Waals surface area contributed by atoms with Gasteiger partial charge in [-0.3, -0.25) is 0 Å². The molecule has 2 fully saturated rings. The maximum atomic E-state index is 5.95. The number of pyridine rings is 1. The first-order valence-corrected chi connectivity index (χ1v) is 8.85. The summed E-state index contributed by atoms with van der Waals surface area (Å²) < 4.78 is 5.95. The Morgan fingerprint density at radius 2 is 2.17 bits per heavy atom. The smallest absolute Gasteiger partial charge is 0.135 e. The lowest BCUT2D eigenvalue weighted by molar-refractivity contribution is 0.0256. The largest absolute Gasteiger partial charge is 0.379 e. The van der Waals surface area contributed by atoms with Gasteiger partial charge in [0.25, 0.3) is 0 Å². The minimum Gasteiger partial charge on any atom is -0.379 e. The summed E-state index contributed by atoms with van der Waals surface area (Å²) in [5, 5.41) is 7.02. The summed E-state index contributed by atoms with van der Waals surface area (Å²) in [4.78, 5) is 7.00. The molecule has 5 nitrogen and oxygen atoms in total. The number of benzene rings is 1. The molecule has 1 aliphatic carbocycles. The van der Waals surface area contributed by atoms with E-state index < -0.39 is 0 Å². The van der Waals surface area contributed by atoms with E-state index in [0.29, 0.717) is 12.1 Å². The number of anilines is 4. The molecule has 3 heterocycles. The molecule has 5 heteroatoms. The van der Waals surface area contributed by atoms with Crippen molar-refractivity contribution in [1.29, 1.82) is 0 Å². The van der Waals surface area contributed by atoms with Crippen molar-refractivity contribution in [1.82, 2.24) is 4.98 Å². The maximum absolute atomic E-state index is 5.95. The molecule has 5 rings (SSSR count). The Kier molecular flexibility index (Phi) is 3.33. The van der Waals surface area contributed by atoms with Crippen LogP contribution in [-0.4, -0.2) is 30.3 Å². The van der Waals surface area contributed by atoms with Crippen molar-refractivity contribution in [3.05, 3.63) is 42.1 Å². The summed E-state index contributed by atoms with van der Waals surface area (Å²) in [7, 11) is 0. The van der Waals surface area contributed by atoms with E-state index in [2.05, 4.69) is 44.8 Å². The van der Waals surface area contributed by atoms with Crippen molar-refractivity contribution < 1.29 is 4.74 Å². The molecule has 2 unspecified atom stereocenters. The van der Waals surface area contributed by atoms with E-state index in [1.807, 2.05) is 12.3 Å². The zero-order chi connectivity index (χ0) is 15.9. The summed E-state index contributed by atoms with van der Waals surface area (Å²) in [6.45, 7) is 2.61. The summed E-state index contributed by atoms with van der Waals surface area (Å²) in [5.74, 6) is 0.943. The molecule has 1 saturated heterocycles. The second-order valence-electron chi connectivity index (χ2n) is 6.82. The van der Waals surface area contributed by atoms with Gasteiger partial charge >= 0.3 is 0 Å². The van der Waals surface area contributed by atoms with E-state index in [1.54, 1.807) is 0 Å². The Hall–Kier alpha value is -2.27. The van der Waals surface area contributed by atoms with Gasteiger partial charge in [0.15, 0.2) is 0 Å². The van der Waals surface area contributed by atoms with Crippen LogP contribution < -0.4 is 15.5 Å². The predicted octanol–water partition coefficient (Wildman–Crippen LogP) is 3.51. The van der Waals surface area contributed by atoms with Gasteiger partial charge < -0.3 is 20.3 Å². The van der Waals surface area contributed by atoms with Gasteiger partial charge in [0.1, 0.15) is 5.82 Å². The summed E-state index contributed by atoms with van der Waals surface area (Å²) in [6, 6.07) is 11.3. The van der Waals surface area contributed by atoms with Gasteiger partial charge in [0.2, 0.25) is 0 Å². The molecule has 0 bridgehead atoms. The molecule has 1 saturated carbocycles. The van der Waals surface area contributed by atoms with Crippen LogP contribution in [0.3, 0.4) is 0 Å². The highest BCUT2D eigenvalue weighted by Gasteiger charge is 2.36. The zero-order valence-corrected chi connectivity index (χ0v) is 13.7. The van der Waals surface area contributed by atoms with Crippen LogP contribution in [0, 0.1) is 0 Å². The molecule has 2 N–H and O–H groups in total. The second-order valence-corrected chi connectivity index (χ2v) is 6.82. The molecular formula is C19H22N4O. The lowest BCUT2D eigenvalue weighted by Crippen LogP contribution is -2.48. The number of hydrogen-bond donors (Lipinski definition) is 2. The van der Waals surface area contributed by atoms with Crippen molar-refractivity contribution in [2.45, 2.75) is 38.0 Å². The molecule has 2 aliphatic heterocycles. The summed E-state index contributed by atoms with van der Waals surface area (Å²) >= 11 is 0. The van der Waals surface area contributed by atoms with Crippen LogP contribution in [0.5, 0.6) is 0 Å². The van der Waals surface area contributed by atoms with Crippen LogP contribution in [0.1, 0.15) is 24.8 Å². The monoisotopic (exact) mass is 322 g/mol. The highest BCUT2D eigenvalue weighted by atomic mass is 16.5. The molecule has 124 valence electrons. The van der Waals surface area contributed by atoms with Crippen LogP contribution in [0.25, 0.3) is 0 Å². The fourth-order valence-electron chi connectivity index (χ4n) is 4.22. The molecule has 0 amide bonds. The summed E-state index contributed by atoms with van der Waals surface area (Å²) in [6.07, 6.45) is 5.96. The minimum atomic E-state index is 0.414. The number of nitrogens with one attached hydrogen (secondary N) is 2. The number of nitrogens with zero attached hydrogens (tertiary/aromatic N) is 2. The highest BCUT2D eigenvalue weighted by Crippen LogP contribution is 2.37. The lowest BCUT2D eigenvalue weighted by Gasteiger charge is -2.39. The zero-order valence-electron chi connectivity index (χ0n) is 13.7. The number of morpholine rings is 1. The van der Waals surface area contributed by atoms with Gasteiger partial charge in [0.05, 0.1) is 30.1 Å². The molecule has 2 atom stereocenters. The summed E-state index contributed by atoms with van der Waals surface area (Å²) in [5.41, 5.74) is 4.72. The van der Waals surface area contributed by atoms with Crippen LogP contribution in [-0.2, 0) is 11.3 Å². The Balaban J connectivity index is 1.46. The van der Waals surface area contributed by atoms with Crippen molar-refractivity contribution in [2.24, 2.45) is 0 Å². The first kappa shape index (κ1) is 14.1. The van der Waals surface area contributed by atoms with E-state index in [9.17, 15) is 0 Å². The standard InChI is InChI=1S/C19H22N4O/c1-4-17-18(5-1)24-10-9-23(17)14-6-7-15-16(11-14)21-12-13-3-2-8-20-19(13)22-15/h2-3,6-8,11,17-18,21H,1,4-5,9-10,12H2,(H,20,22). The van der Waals surface area contributed by atoms with Crippen LogP contribution in [0.4, 0.5) is 22.9 Å². The average Bonchev–Trinajstić information content (AvgIpc) is 3.03. The first-order valence-electron chi connectivity index (χ1n) is 8.85. The normalized spacial score (nSPS) is 24.9. The van der Waals surface area contributed by atoms with E-state index in [4.69, 9.17) is 4.74 Å². The average molecular weight is 322 g/mol. The molecule has 1 aromatic heterocycles. The number of hydrogen-bond acceptors (Lipinski definition) is 5. The molecule has 2 aromatic rings. The fraction of sp³-hybridized carbons (Fsp3) is 0.421. The van der Waals surface area contributed by atoms with Gasteiger partial charge in [-0.25, -0.2) is 4.98 Å². The van der Waals surface area contributed by atoms with Gasteiger partial charge in [-0.05, 0) is 43.5 Å². The number of rotatable bonds is 1. The molecule has 3 aliphatic rings. The third kappa shape index (κ3) is 2.31. The number of fused-ring (bicyclic) bond motifs is 3. The van der Waals surface area contributed by atoms with E-state index >= 15 is 0 Å². The topological polar surface area (TPSA) is 49.4 Å². The van der Waals surface area contributed by atoms with Gasteiger partial charge in [0, 0.05) is 30.5 Å². The van der Waals surface area contributed by atoms with Crippen molar-refractivity contribution in [3.63, 3.8) is 0 Å².